The van der Waals surface area contributed by atoms with Crippen molar-refractivity contribution in [3.63, 3.8) is 0 Å². The fraction of sp³-hybridized carbons (Fsp3) is 0.235. The van der Waals surface area contributed by atoms with Crippen LogP contribution in [0.2, 0.25) is 0 Å². The Labute approximate surface area is 158 Å². The van der Waals surface area contributed by atoms with Gasteiger partial charge in [-0.1, -0.05) is 0 Å². The smallest absolute Gasteiger partial charge is 0.416 e. The number of hydrogen-bond donors (Lipinski definition) is 2. The monoisotopic (exact) mass is 420 g/mol. The number of anilines is 1. The summed E-state index contributed by atoms with van der Waals surface area (Å²) in [6.07, 6.45) is -4.67. The fourth-order valence-corrected chi connectivity index (χ4v) is 2.99. The molecule has 1 amide bonds. The summed E-state index contributed by atoms with van der Waals surface area (Å²) in [4.78, 5) is 12.0. The molecule has 0 spiro atoms. The Morgan fingerprint density at radius 3 is 2.39 bits per heavy atom. The molecular formula is C17H16F4N2O4S. The van der Waals surface area contributed by atoms with Crippen molar-refractivity contribution in [2.24, 2.45) is 0 Å². The number of benzene rings is 2. The minimum atomic E-state index is -4.67. The summed E-state index contributed by atoms with van der Waals surface area (Å²) >= 11 is 0. The lowest BCUT2D eigenvalue weighted by Crippen LogP contribution is -2.20. The number of hydrogen-bond acceptors (Lipinski definition) is 4. The summed E-state index contributed by atoms with van der Waals surface area (Å²) in [5.74, 6) is -2.23. The zero-order chi connectivity index (χ0) is 21.1. The van der Waals surface area contributed by atoms with Crippen LogP contribution in [0.4, 0.5) is 23.2 Å². The second kappa shape index (κ2) is 8.15. The molecule has 2 aromatic rings. The maximum atomic E-state index is 14.0. The van der Waals surface area contributed by atoms with Crippen LogP contribution < -0.4 is 14.8 Å². The molecule has 2 rings (SSSR count). The molecule has 2 aromatic carbocycles. The predicted molar refractivity (Wildman–Crippen MR) is 93.2 cm³/mol. The average Bonchev–Trinajstić information content (AvgIpc) is 2.62. The summed E-state index contributed by atoms with van der Waals surface area (Å²) in [6, 6.07) is 4.96. The first-order valence-corrected chi connectivity index (χ1v) is 9.36. The van der Waals surface area contributed by atoms with Gasteiger partial charge >= 0.3 is 6.18 Å². The van der Waals surface area contributed by atoms with E-state index < -0.39 is 39.1 Å². The zero-order valence-electron chi connectivity index (χ0n) is 14.7. The van der Waals surface area contributed by atoms with Gasteiger partial charge in [0, 0.05) is 0 Å². The molecule has 6 nitrogen and oxygen atoms in total. The molecule has 2 N–H and O–H groups in total. The topological polar surface area (TPSA) is 84.5 Å². The minimum Gasteiger partial charge on any atom is -0.492 e. The molecule has 0 aliphatic carbocycles. The average molecular weight is 420 g/mol. The van der Waals surface area contributed by atoms with E-state index in [4.69, 9.17) is 4.74 Å². The van der Waals surface area contributed by atoms with E-state index in [0.717, 1.165) is 37.4 Å². The van der Waals surface area contributed by atoms with Crippen LogP contribution in [-0.2, 0) is 16.2 Å². The number of amides is 1. The van der Waals surface area contributed by atoms with Gasteiger partial charge in [0.25, 0.3) is 5.91 Å². The zero-order valence-corrected chi connectivity index (χ0v) is 15.5. The quantitative estimate of drug-likeness (QED) is 0.702. The normalized spacial score (nSPS) is 11.9. The molecule has 28 heavy (non-hydrogen) atoms. The van der Waals surface area contributed by atoms with Crippen molar-refractivity contribution >= 4 is 21.6 Å². The highest BCUT2D eigenvalue weighted by atomic mass is 32.2. The molecule has 0 radical (unpaired) electrons. The number of carbonyl (C=O) groups excluding carboxylic acids is 1. The molecule has 0 heterocycles. The second-order valence-electron chi connectivity index (χ2n) is 5.45. The van der Waals surface area contributed by atoms with Crippen molar-refractivity contribution in [3.05, 3.63) is 53.3 Å². The van der Waals surface area contributed by atoms with Gasteiger partial charge in [0.2, 0.25) is 10.0 Å². The number of sulfonamides is 1. The van der Waals surface area contributed by atoms with E-state index in [1.54, 1.807) is 6.92 Å². The highest BCUT2D eigenvalue weighted by Crippen LogP contribution is 2.35. The molecule has 0 bridgehead atoms. The molecule has 0 aromatic heterocycles. The SMILES string of the molecule is CCOc1ccc(C(F)(F)F)cc1NC(=O)c1cc(S(=O)(=O)NC)ccc1F. The molecule has 0 fully saturated rings. The number of ether oxygens (including phenoxy) is 1. The van der Waals surface area contributed by atoms with E-state index in [0.29, 0.717) is 6.07 Å². The van der Waals surface area contributed by atoms with Crippen molar-refractivity contribution in [2.45, 2.75) is 18.0 Å². The Hall–Kier alpha value is -2.66. The van der Waals surface area contributed by atoms with Crippen LogP contribution in [0.15, 0.2) is 41.3 Å². The van der Waals surface area contributed by atoms with E-state index in [1.807, 2.05) is 4.72 Å². The van der Waals surface area contributed by atoms with E-state index in [-0.39, 0.29) is 22.9 Å². The third-order valence-electron chi connectivity index (χ3n) is 3.62. The first-order chi connectivity index (χ1) is 13.0. The Kier molecular flexibility index (Phi) is 6.30. The van der Waals surface area contributed by atoms with Crippen LogP contribution in [0.1, 0.15) is 22.8 Å². The van der Waals surface area contributed by atoms with Crippen LogP contribution >= 0.6 is 0 Å². The Balaban J connectivity index is 2.46. The lowest BCUT2D eigenvalue weighted by molar-refractivity contribution is -0.137. The maximum absolute atomic E-state index is 14.0. The number of rotatable bonds is 6. The van der Waals surface area contributed by atoms with E-state index in [9.17, 15) is 30.8 Å². The van der Waals surface area contributed by atoms with E-state index in [1.165, 1.54) is 0 Å². The molecular weight excluding hydrogens is 404 g/mol. The fourth-order valence-electron chi connectivity index (χ4n) is 2.24. The van der Waals surface area contributed by atoms with Gasteiger partial charge in [-0.05, 0) is 50.4 Å². The van der Waals surface area contributed by atoms with Gasteiger partial charge in [-0.25, -0.2) is 17.5 Å². The first kappa shape index (κ1) is 21.6. The second-order valence-corrected chi connectivity index (χ2v) is 7.33. The standard InChI is InChI=1S/C17H16F4N2O4S/c1-3-27-15-7-4-10(17(19,20)21)8-14(15)23-16(24)12-9-11(5-6-13(12)18)28(25,26)22-2/h4-9,22H,3H2,1-2H3,(H,23,24). The number of carbonyl (C=O) groups is 1. The summed E-state index contributed by atoms with van der Waals surface area (Å²) in [5, 5.41) is 2.14. The van der Waals surface area contributed by atoms with Crippen molar-refractivity contribution in [3.8, 4) is 5.75 Å². The summed E-state index contributed by atoms with van der Waals surface area (Å²) < 4.78 is 83.7. The van der Waals surface area contributed by atoms with Crippen LogP contribution in [0.5, 0.6) is 5.75 Å². The van der Waals surface area contributed by atoms with Gasteiger partial charge in [0.1, 0.15) is 11.6 Å². The van der Waals surface area contributed by atoms with Crippen molar-refractivity contribution in [2.75, 3.05) is 19.0 Å². The van der Waals surface area contributed by atoms with Gasteiger partial charge < -0.3 is 10.1 Å². The molecule has 0 unspecified atom stereocenters. The van der Waals surface area contributed by atoms with Crippen LogP contribution in [0.3, 0.4) is 0 Å². The summed E-state index contributed by atoms with van der Waals surface area (Å²) in [5.41, 5.74) is -2.03. The van der Waals surface area contributed by atoms with Crippen molar-refractivity contribution in [1.29, 1.82) is 0 Å². The lowest BCUT2D eigenvalue weighted by atomic mass is 10.1. The van der Waals surface area contributed by atoms with Crippen LogP contribution in [0, 0.1) is 5.82 Å². The van der Waals surface area contributed by atoms with Gasteiger partial charge in [-0.15, -0.1) is 0 Å². The number of alkyl halides is 3. The highest BCUT2D eigenvalue weighted by molar-refractivity contribution is 7.89. The molecule has 0 aliphatic rings. The predicted octanol–water partition coefficient (Wildman–Crippen LogP) is 3.40. The van der Waals surface area contributed by atoms with Crippen LogP contribution in [-0.4, -0.2) is 28.0 Å². The Bertz CT molecular complexity index is 991. The summed E-state index contributed by atoms with van der Waals surface area (Å²) in [7, 11) is -2.82. The highest BCUT2D eigenvalue weighted by Gasteiger charge is 2.31. The lowest BCUT2D eigenvalue weighted by Gasteiger charge is -2.15. The minimum absolute atomic E-state index is 0.0525. The first-order valence-electron chi connectivity index (χ1n) is 7.88. The van der Waals surface area contributed by atoms with Crippen molar-refractivity contribution in [1.82, 2.24) is 4.72 Å². The number of halogens is 4. The number of nitrogens with one attached hydrogen (secondary N) is 2. The third-order valence-corrected chi connectivity index (χ3v) is 5.03. The molecule has 0 aliphatic heterocycles. The molecule has 0 saturated heterocycles. The van der Waals surface area contributed by atoms with Gasteiger partial charge in [-0.3, -0.25) is 4.79 Å². The Morgan fingerprint density at radius 2 is 1.82 bits per heavy atom. The van der Waals surface area contributed by atoms with Crippen LogP contribution in [0.25, 0.3) is 0 Å². The Morgan fingerprint density at radius 1 is 1.14 bits per heavy atom. The van der Waals surface area contributed by atoms with E-state index in [2.05, 4.69) is 5.32 Å². The molecule has 0 atom stereocenters. The largest absolute Gasteiger partial charge is 0.492 e. The van der Waals surface area contributed by atoms with E-state index >= 15 is 0 Å². The van der Waals surface area contributed by atoms with Gasteiger partial charge in [-0.2, -0.15) is 13.2 Å². The van der Waals surface area contributed by atoms with Gasteiger partial charge in [0.05, 0.1) is 28.3 Å². The molecule has 0 saturated carbocycles. The third kappa shape index (κ3) is 4.78. The molecule has 11 heteroatoms. The summed E-state index contributed by atoms with van der Waals surface area (Å²) in [6.45, 7) is 1.70. The van der Waals surface area contributed by atoms with Gasteiger partial charge in [0.15, 0.2) is 0 Å². The molecule has 152 valence electrons. The maximum Gasteiger partial charge on any atom is 0.416 e. The van der Waals surface area contributed by atoms with Crippen molar-refractivity contribution < 1.29 is 35.5 Å².